The molecule has 0 bridgehead atoms. The summed E-state index contributed by atoms with van der Waals surface area (Å²) < 4.78 is 0. The zero-order chi connectivity index (χ0) is 11.3. The number of aryl methyl sites for hydroxylation is 1. The highest BCUT2D eigenvalue weighted by atomic mass is 16.4. The molecule has 3 N–H and O–H groups in total. The van der Waals surface area contributed by atoms with Gasteiger partial charge in [0.05, 0.1) is 5.56 Å². The standard InChI is InChI=1S/C12H13NO2/c1-9-8-10(4-2-3-7-13)5-6-11(9)12(14)15/h5-6,8H,3,7,13H2,1H3,(H,14,15). The summed E-state index contributed by atoms with van der Waals surface area (Å²) in [5.74, 6) is 4.93. The van der Waals surface area contributed by atoms with Gasteiger partial charge in [0.1, 0.15) is 0 Å². The van der Waals surface area contributed by atoms with Crippen LogP contribution in [0.1, 0.15) is 27.9 Å². The van der Waals surface area contributed by atoms with Gasteiger partial charge in [-0.15, -0.1) is 0 Å². The summed E-state index contributed by atoms with van der Waals surface area (Å²) in [6, 6.07) is 5.05. The number of carbonyl (C=O) groups is 1. The lowest BCUT2D eigenvalue weighted by molar-refractivity contribution is 0.0696. The number of carboxylic acid groups (broad SMARTS) is 1. The molecule has 0 heterocycles. The van der Waals surface area contributed by atoms with Gasteiger partial charge in [0.2, 0.25) is 0 Å². The summed E-state index contributed by atoms with van der Waals surface area (Å²) in [4.78, 5) is 10.7. The molecular weight excluding hydrogens is 190 g/mol. The molecule has 3 nitrogen and oxygen atoms in total. The summed E-state index contributed by atoms with van der Waals surface area (Å²) in [5.41, 5.74) is 7.17. The predicted molar refractivity (Wildman–Crippen MR) is 58.7 cm³/mol. The zero-order valence-electron chi connectivity index (χ0n) is 8.58. The second-order valence-electron chi connectivity index (χ2n) is 3.18. The third-order valence-corrected chi connectivity index (χ3v) is 1.96. The van der Waals surface area contributed by atoms with Crippen LogP contribution in [0, 0.1) is 18.8 Å². The number of hydrogen-bond acceptors (Lipinski definition) is 2. The summed E-state index contributed by atoms with van der Waals surface area (Å²) in [6.07, 6.45) is 0.653. The Morgan fingerprint density at radius 3 is 2.80 bits per heavy atom. The Labute approximate surface area is 88.9 Å². The first-order chi connectivity index (χ1) is 7.15. The Hall–Kier alpha value is -1.79. The van der Waals surface area contributed by atoms with Crippen molar-refractivity contribution in [1.82, 2.24) is 0 Å². The minimum absolute atomic E-state index is 0.319. The lowest BCUT2D eigenvalue weighted by Gasteiger charge is -2.00. The maximum atomic E-state index is 10.7. The van der Waals surface area contributed by atoms with Crippen molar-refractivity contribution in [2.75, 3.05) is 6.54 Å². The molecule has 78 valence electrons. The lowest BCUT2D eigenvalue weighted by atomic mass is 10.1. The van der Waals surface area contributed by atoms with Crippen molar-refractivity contribution in [2.45, 2.75) is 13.3 Å². The van der Waals surface area contributed by atoms with Gasteiger partial charge in [-0.05, 0) is 30.7 Å². The molecule has 0 spiro atoms. The zero-order valence-corrected chi connectivity index (χ0v) is 8.58. The van der Waals surface area contributed by atoms with Crippen LogP contribution in [-0.4, -0.2) is 17.6 Å². The van der Waals surface area contributed by atoms with Crippen molar-refractivity contribution in [3.05, 3.63) is 34.9 Å². The van der Waals surface area contributed by atoms with Crippen LogP contribution in [0.2, 0.25) is 0 Å². The van der Waals surface area contributed by atoms with Gasteiger partial charge in [0, 0.05) is 18.5 Å². The molecule has 0 radical (unpaired) electrons. The van der Waals surface area contributed by atoms with Gasteiger partial charge in [-0.1, -0.05) is 11.8 Å². The van der Waals surface area contributed by atoms with Crippen molar-refractivity contribution in [2.24, 2.45) is 5.73 Å². The van der Waals surface area contributed by atoms with Crippen molar-refractivity contribution in [1.29, 1.82) is 0 Å². The van der Waals surface area contributed by atoms with E-state index in [1.165, 1.54) is 0 Å². The molecule has 3 heteroatoms. The summed E-state index contributed by atoms with van der Waals surface area (Å²) in [5, 5.41) is 8.82. The highest BCUT2D eigenvalue weighted by Crippen LogP contribution is 2.10. The molecule has 0 aliphatic rings. The number of rotatable bonds is 2. The van der Waals surface area contributed by atoms with Crippen LogP contribution in [0.15, 0.2) is 18.2 Å². The van der Waals surface area contributed by atoms with Crippen LogP contribution < -0.4 is 5.73 Å². The van der Waals surface area contributed by atoms with Crippen LogP contribution in [-0.2, 0) is 0 Å². The fraction of sp³-hybridized carbons (Fsp3) is 0.250. The maximum Gasteiger partial charge on any atom is 0.335 e. The van der Waals surface area contributed by atoms with E-state index in [0.717, 1.165) is 11.1 Å². The molecular formula is C12H13NO2. The van der Waals surface area contributed by atoms with E-state index < -0.39 is 5.97 Å². The van der Waals surface area contributed by atoms with E-state index >= 15 is 0 Å². The average molecular weight is 203 g/mol. The molecule has 15 heavy (non-hydrogen) atoms. The normalized spacial score (nSPS) is 9.20. The van der Waals surface area contributed by atoms with E-state index in [1.54, 1.807) is 25.1 Å². The van der Waals surface area contributed by atoms with Gasteiger partial charge >= 0.3 is 5.97 Å². The Bertz CT molecular complexity index is 427. The van der Waals surface area contributed by atoms with Gasteiger partial charge < -0.3 is 10.8 Å². The van der Waals surface area contributed by atoms with Gasteiger partial charge in [0.25, 0.3) is 0 Å². The molecule has 0 saturated heterocycles. The Kier molecular flexibility index (Phi) is 3.90. The van der Waals surface area contributed by atoms with Gasteiger partial charge in [-0.25, -0.2) is 4.79 Å². The third-order valence-electron chi connectivity index (χ3n) is 1.96. The minimum Gasteiger partial charge on any atom is -0.478 e. The third kappa shape index (κ3) is 3.12. The topological polar surface area (TPSA) is 63.3 Å². The quantitative estimate of drug-likeness (QED) is 0.714. The second kappa shape index (κ2) is 5.18. The first-order valence-corrected chi connectivity index (χ1v) is 4.68. The SMILES string of the molecule is Cc1cc(C#CCCN)ccc1C(=O)O. The molecule has 1 aromatic carbocycles. The Morgan fingerprint density at radius 2 is 2.27 bits per heavy atom. The monoisotopic (exact) mass is 203 g/mol. The minimum atomic E-state index is -0.908. The van der Waals surface area contributed by atoms with Gasteiger partial charge in [-0.3, -0.25) is 0 Å². The van der Waals surface area contributed by atoms with E-state index in [1.807, 2.05) is 0 Å². The molecule has 0 aliphatic heterocycles. The van der Waals surface area contributed by atoms with Crippen molar-refractivity contribution in [3.8, 4) is 11.8 Å². The van der Waals surface area contributed by atoms with E-state index in [9.17, 15) is 4.79 Å². The second-order valence-corrected chi connectivity index (χ2v) is 3.18. The number of benzene rings is 1. The fourth-order valence-corrected chi connectivity index (χ4v) is 1.22. The van der Waals surface area contributed by atoms with Crippen LogP contribution in [0.4, 0.5) is 0 Å². The van der Waals surface area contributed by atoms with E-state index in [2.05, 4.69) is 11.8 Å². The fourth-order valence-electron chi connectivity index (χ4n) is 1.22. The van der Waals surface area contributed by atoms with Crippen LogP contribution in [0.3, 0.4) is 0 Å². The molecule has 0 aromatic heterocycles. The van der Waals surface area contributed by atoms with Gasteiger partial charge in [0.15, 0.2) is 0 Å². The first-order valence-electron chi connectivity index (χ1n) is 4.68. The van der Waals surface area contributed by atoms with Crippen molar-refractivity contribution in [3.63, 3.8) is 0 Å². The summed E-state index contributed by atoms with van der Waals surface area (Å²) in [7, 11) is 0. The average Bonchev–Trinajstić information content (AvgIpc) is 2.17. The van der Waals surface area contributed by atoms with Crippen molar-refractivity contribution >= 4 is 5.97 Å². The maximum absolute atomic E-state index is 10.7. The molecule has 0 amide bonds. The number of carboxylic acids is 1. The van der Waals surface area contributed by atoms with E-state index in [4.69, 9.17) is 10.8 Å². The highest BCUT2D eigenvalue weighted by Gasteiger charge is 2.05. The van der Waals surface area contributed by atoms with Crippen molar-refractivity contribution < 1.29 is 9.90 Å². The number of hydrogen-bond donors (Lipinski definition) is 2. The molecule has 0 unspecified atom stereocenters. The lowest BCUT2D eigenvalue weighted by Crippen LogP contribution is -1.99. The Balaban J connectivity index is 2.93. The predicted octanol–water partition coefficient (Wildman–Crippen LogP) is 1.39. The van der Waals surface area contributed by atoms with E-state index in [0.29, 0.717) is 18.5 Å². The molecule has 0 saturated carbocycles. The number of aromatic carboxylic acids is 1. The molecule has 0 fully saturated rings. The van der Waals surface area contributed by atoms with Crippen LogP contribution in [0.25, 0.3) is 0 Å². The summed E-state index contributed by atoms with van der Waals surface area (Å²) in [6.45, 7) is 2.30. The molecule has 0 atom stereocenters. The smallest absolute Gasteiger partial charge is 0.335 e. The van der Waals surface area contributed by atoms with Crippen LogP contribution in [0.5, 0.6) is 0 Å². The molecule has 1 rings (SSSR count). The van der Waals surface area contributed by atoms with E-state index in [-0.39, 0.29) is 0 Å². The molecule has 1 aromatic rings. The largest absolute Gasteiger partial charge is 0.478 e. The van der Waals surface area contributed by atoms with Gasteiger partial charge in [-0.2, -0.15) is 0 Å². The number of nitrogens with two attached hydrogens (primary N) is 1. The first kappa shape index (κ1) is 11.3. The van der Waals surface area contributed by atoms with Crippen LogP contribution >= 0.6 is 0 Å². The highest BCUT2D eigenvalue weighted by molar-refractivity contribution is 5.89. The molecule has 0 aliphatic carbocycles. The summed E-state index contributed by atoms with van der Waals surface area (Å²) >= 11 is 0. The Morgan fingerprint density at radius 1 is 1.53 bits per heavy atom.